The third-order valence-corrected chi connectivity index (χ3v) is 4.53. The van der Waals surface area contributed by atoms with Crippen LogP contribution in [0.1, 0.15) is 78.4 Å². The second-order valence-corrected chi connectivity index (χ2v) is 7.34. The summed E-state index contributed by atoms with van der Waals surface area (Å²) in [5, 5.41) is 10.9. The first-order valence-corrected chi connectivity index (χ1v) is 8.11. The Hall–Kier alpha value is -1.18. The Bertz CT molecular complexity index is 433. The molecule has 0 atom stereocenters. The molecule has 0 amide bonds. The van der Waals surface area contributed by atoms with Gasteiger partial charge in [-0.3, -0.25) is 0 Å². The highest BCUT2D eigenvalue weighted by Crippen LogP contribution is 2.44. The smallest absolute Gasteiger partial charge is 0.123 e. The van der Waals surface area contributed by atoms with Gasteiger partial charge in [0.1, 0.15) is 11.5 Å². The zero-order chi connectivity index (χ0) is 16.3. The second kappa shape index (κ2) is 6.72. The Morgan fingerprint density at radius 2 is 1.29 bits per heavy atom. The van der Waals surface area contributed by atoms with Crippen molar-refractivity contribution in [3.8, 4) is 11.5 Å². The molecule has 0 heterocycles. The maximum atomic E-state index is 10.9. The van der Waals surface area contributed by atoms with Gasteiger partial charge in [-0.25, -0.2) is 0 Å². The molecule has 1 aromatic carbocycles. The molecule has 2 nitrogen and oxygen atoms in total. The molecule has 0 radical (unpaired) electrons. The minimum atomic E-state index is -0.0512. The standard InChI is InChI=1S/C19H32O2/c1-8-10-18(3,4)15-12-14(21-7)13-16(17(15)20)19(5,6)11-9-2/h12-13,20H,8-11H2,1-7H3. The Labute approximate surface area is 130 Å². The predicted molar refractivity (Wildman–Crippen MR) is 90.5 cm³/mol. The summed E-state index contributed by atoms with van der Waals surface area (Å²) < 4.78 is 5.49. The van der Waals surface area contributed by atoms with Gasteiger partial charge in [0.25, 0.3) is 0 Å². The topological polar surface area (TPSA) is 29.5 Å². The molecule has 0 saturated heterocycles. The third kappa shape index (κ3) is 3.93. The molecule has 0 aromatic heterocycles. The molecule has 0 fully saturated rings. The average molecular weight is 292 g/mol. The molecule has 1 N–H and O–H groups in total. The highest BCUT2D eigenvalue weighted by Gasteiger charge is 2.30. The molecular formula is C19H32O2. The van der Waals surface area contributed by atoms with Gasteiger partial charge < -0.3 is 9.84 Å². The SMILES string of the molecule is CCCC(C)(C)c1cc(OC)cc(C(C)(C)CCC)c1O. The van der Waals surface area contributed by atoms with Gasteiger partial charge in [-0.05, 0) is 35.8 Å². The summed E-state index contributed by atoms with van der Waals surface area (Å²) in [6, 6.07) is 3.99. The second-order valence-electron chi connectivity index (χ2n) is 7.34. The lowest BCUT2D eigenvalue weighted by Gasteiger charge is -2.32. The molecule has 2 heteroatoms. The highest BCUT2D eigenvalue weighted by molar-refractivity contribution is 5.52. The van der Waals surface area contributed by atoms with Gasteiger partial charge in [-0.1, -0.05) is 54.4 Å². The van der Waals surface area contributed by atoms with Gasteiger partial charge in [-0.15, -0.1) is 0 Å². The van der Waals surface area contributed by atoms with Crippen molar-refractivity contribution in [1.29, 1.82) is 0 Å². The van der Waals surface area contributed by atoms with Crippen molar-refractivity contribution in [2.24, 2.45) is 0 Å². The maximum Gasteiger partial charge on any atom is 0.123 e. The van der Waals surface area contributed by atoms with E-state index >= 15 is 0 Å². The normalized spacial score (nSPS) is 12.5. The van der Waals surface area contributed by atoms with E-state index in [0.29, 0.717) is 5.75 Å². The predicted octanol–water partition coefficient (Wildman–Crippen LogP) is 5.56. The van der Waals surface area contributed by atoms with Crippen molar-refractivity contribution >= 4 is 0 Å². The summed E-state index contributed by atoms with van der Waals surface area (Å²) in [6.45, 7) is 13.1. The van der Waals surface area contributed by atoms with Crippen LogP contribution < -0.4 is 4.74 Å². The fourth-order valence-corrected chi connectivity index (χ4v) is 3.28. The van der Waals surface area contributed by atoms with Crippen LogP contribution in [0.25, 0.3) is 0 Å². The molecule has 1 aromatic rings. The number of phenols is 1. The first-order chi connectivity index (χ1) is 9.69. The Kier molecular flexibility index (Phi) is 5.72. The monoisotopic (exact) mass is 292 g/mol. The van der Waals surface area contributed by atoms with E-state index < -0.39 is 0 Å². The Morgan fingerprint density at radius 1 is 0.905 bits per heavy atom. The van der Waals surface area contributed by atoms with Crippen LogP contribution in [0.4, 0.5) is 0 Å². The minimum absolute atomic E-state index is 0.0512. The Morgan fingerprint density at radius 3 is 1.57 bits per heavy atom. The van der Waals surface area contributed by atoms with E-state index in [1.54, 1.807) is 7.11 Å². The minimum Gasteiger partial charge on any atom is -0.507 e. The first-order valence-electron chi connectivity index (χ1n) is 8.11. The van der Waals surface area contributed by atoms with Gasteiger partial charge >= 0.3 is 0 Å². The van der Waals surface area contributed by atoms with Crippen LogP contribution in [0.2, 0.25) is 0 Å². The molecule has 0 aliphatic heterocycles. The van der Waals surface area contributed by atoms with E-state index in [2.05, 4.69) is 41.5 Å². The number of benzene rings is 1. The van der Waals surface area contributed by atoms with Gasteiger partial charge in [0.15, 0.2) is 0 Å². The zero-order valence-corrected chi connectivity index (χ0v) is 14.8. The number of ether oxygens (including phenoxy) is 1. The zero-order valence-electron chi connectivity index (χ0n) is 14.8. The molecule has 21 heavy (non-hydrogen) atoms. The van der Waals surface area contributed by atoms with Crippen LogP contribution in [0, 0.1) is 0 Å². The number of phenolic OH excluding ortho intramolecular Hbond substituents is 1. The summed E-state index contributed by atoms with van der Waals surface area (Å²) in [4.78, 5) is 0. The highest BCUT2D eigenvalue weighted by atomic mass is 16.5. The van der Waals surface area contributed by atoms with E-state index in [1.165, 1.54) is 0 Å². The fourth-order valence-electron chi connectivity index (χ4n) is 3.28. The average Bonchev–Trinajstić information content (AvgIpc) is 2.38. The lowest BCUT2D eigenvalue weighted by atomic mass is 9.74. The van der Waals surface area contributed by atoms with Crippen molar-refractivity contribution in [3.63, 3.8) is 0 Å². The molecule has 0 spiro atoms. The van der Waals surface area contributed by atoms with Crippen LogP contribution in [-0.2, 0) is 10.8 Å². The molecule has 0 aliphatic rings. The summed E-state index contributed by atoms with van der Waals surface area (Å²) in [5.74, 6) is 1.29. The number of hydrogen-bond acceptors (Lipinski definition) is 2. The molecule has 120 valence electrons. The lowest BCUT2D eigenvalue weighted by Crippen LogP contribution is -2.22. The van der Waals surface area contributed by atoms with E-state index in [1.807, 2.05) is 12.1 Å². The number of aromatic hydroxyl groups is 1. The molecule has 0 saturated carbocycles. The summed E-state index contributed by atoms with van der Waals surface area (Å²) >= 11 is 0. The van der Waals surface area contributed by atoms with E-state index in [9.17, 15) is 5.11 Å². The van der Waals surface area contributed by atoms with Crippen LogP contribution in [-0.4, -0.2) is 12.2 Å². The van der Waals surface area contributed by atoms with Crippen LogP contribution in [0.15, 0.2) is 12.1 Å². The maximum absolute atomic E-state index is 10.9. The molecule has 0 unspecified atom stereocenters. The van der Waals surface area contributed by atoms with Crippen molar-refractivity contribution in [3.05, 3.63) is 23.3 Å². The van der Waals surface area contributed by atoms with Gasteiger partial charge in [0.2, 0.25) is 0 Å². The molecule has 0 aliphatic carbocycles. The van der Waals surface area contributed by atoms with E-state index in [0.717, 1.165) is 42.6 Å². The van der Waals surface area contributed by atoms with E-state index in [-0.39, 0.29) is 10.8 Å². The third-order valence-electron chi connectivity index (χ3n) is 4.53. The van der Waals surface area contributed by atoms with Crippen molar-refractivity contribution in [2.45, 2.75) is 78.1 Å². The van der Waals surface area contributed by atoms with Crippen molar-refractivity contribution in [2.75, 3.05) is 7.11 Å². The largest absolute Gasteiger partial charge is 0.507 e. The van der Waals surface area contributed by atoms with Crippen LogP contribution in [0.3, 0.4) is 0 Å². The summed E-state index contributed by atoms with van der Waals surface area (Å²) in [5.41, 5.74) is 1.90. The van der Waals surface area contributed by atoms with Crippen molar-refractivity contribution in [1.82, 2.24) is 0 Å². The Balaban J connectivity index is 3.47. The van der Waals surface area contributed by atoms with Gasteiger partial charge in [0.05, 0.1) is 7.11 Å². The van der Waals surface area contributed by atoms with Crippen molar-refractivity contribution < 1.29 is 9.84 Å². The number of hydrogen-bond donors (Lipinski definition) is 1. The molecular weight excluding hydrogens is 260 g/mol. The molecule has 1 rings (SSSR count). The quantitative estimate of drug-likeness (QED) is 0.713. The van der Waals surface area contributed by atoms with Crippen LogP contribution in [0.5, 0.6) is 11.5 Å². The summed E-state index contributed by atoms with van der Waals surface area (Å²) in [6.07, 6.45) is 4.28. The summed E-state index contributed by atoms with van der Waals surface area (Å²) in [7, 11) is 1.69. The first kappa shape index (κ1) is 17.9. The fraction of sp³-hybridized carbons (Fsp3) is 0.684. The lowest BCUT2D eigenvalue weighted by molar-refractivity contribution is 0.374. The molecule has 0 bridgehead atoms. The van der Waals surface area contributed by atoms with Gasteiger partial charge in [-0.2, -0.15) is 0 Å². The number of methoxy groups -OCH3 is 1. The van der Waals surface area contributed by atoms with Crippen LogP contribution >= 0.6 is 0 Å². The van der Waals surface area contributed by atoms with Gasteiger partial charge in [0, 0.05) is 11.1 Å². The number of rotatable bonds is 7. The van der Waals surface area contributed by atoms with E-state index in [4.69, 9.17) is 4.74 Å².